The summed E-state index contributed by atoms with van der Waals surface area (Å²) < 4.78 is 14.1. The molecule has 0 aliphatic carbocycles. The van der Waals surface area contributed by atoms with Crippen LogP contribution in [0.15, 0.2) is 36.4 Å². The molecule has 5 heteroatoms. The van der Waals surface area contributed by atoms with Gasteiger partial charge in [0.15, 0.2) is 11.9 Å². The molecule has 110 valence electrons. The summed E-state index contributed by atoms with van der Waals surface area (Å²) >= 11 is 5.84. The highest BCUT2D eigenvalue weighted by Crippen LogP contribution is 2.28. The van der Waals surface area contributed by atoms with Gasteiger partial charge >= 0.3 is 5.97 Å². The second kappa shape index (κ2) is 6.14. The lowest BCUT2D eigenvalue weighted by molar-refractivity contribution is -0.138. The van der Waals surface area contributed by atoms with Crippen molar-refractivity contribution in [1.82, 2.24) is 0 Å². The molecule has 0 amide bonds. The van der Waals surface area contributed by atoms with E-state index in [1.54, 1.807) is 25.1 Å². The van der Waals surface area contributed by atoms with Crippen molar-refractivity contribution in [1.29, 1.82) is 0 Å². The van der Waals surface area contributed by atoms with Crippen molar-refractivity contribution < 1.29 is 14.3 Å². The molecule has 2 aromatic rings. The molecule has 0 spiro atoms. The zero-order chi connectivity index (χ0) is 15.6. The fourth-order valence-electron chi connectivity index (χ4n) is 2.07. The van der Waals surface area contributed by atoms with Gasteiger partial charge in [-0.2, -0.15) is 0 Å². The van der Waals surface area contributed by atoms with Crippen LogP contribution in [0.5, 0.6) is 0 Å². The molecule has 0 aromatic heterocycles. The minimum absolute atomic E-state index is 0.116. The maximum atomic E-state index is 14.1. The van der Waals surface area contributed by atoms with E-state index < -0.39 is 17.8 Å². The summed E-state index contributed by atoms with van der Waals surface area (Å²) in [7, 11) is 0. The van der Waals surface area contributed by atoms with Crippen LogP contribution >= 0.6 is 11.6 Å². The van der Waals surface area contributed by atoms with Crippen molar-refractivity contribution >= 4 is 23.3 Å². The van der Waals surface area contributed by atoms with Crippen molar-refractivity contribution in [2.75, 3.05) is 5.32 Å². The van der Waals surface area contributed by atoms with Crippen LogP contribution in [0.1, 0.15) is 22.7 Å². The van der Waals surface area contributed by atoms with Crippen LogP contribution in [-0.2, 0) is 4.79 Å². The Morgan fingerprint density at radius 2 is 2.00 bits per heavy atom. The molecule has 0 heterocycles. The summed E-state index contributed by atoms with van der Waals surface area (Å²) in [5.41, 5.74) is 1.91. The second-order valence-electron chi connectivity index (χ2n) is 4.86. The number of rotatable bonds is 4. The van der Waals surface area contributed by atoms with E-state index in [-0.39, 0.29) is 11.3 Å². The molecule has 0 saturated carbocycles. The third-order valence-corrected chi connectivity index (χ3v) is 3.65. The highest BCUT2D eigenvalue weighted by molar-refractivity contribution is 6.31. The monoisotopic (exact) mass is 307 g/mol. The quantitative estimate of drug-likeness (QED) is 0.883. The molecule has 0 fully saturated rings. The number of halogens is 2. The van der Waals surface area contributed by atoms with Gasteiger partial charge in [-0.15, -0.1) is 0 Å². The molecule has 1 unspecified atom stereocenters. The Bertz CT molecular complexity index is 688. The maximum absolute atomic E-state index is 14.1. The molecule has 0 aliphatic heterocycles. The van der Waals surface area contributed by atoms with Gasteiger partial charge in [-0.25, -0.2) is 9.18 Å². The molecular weight excluding hydrogens is 293 g/mol. The van der Waals surface area contributed by atoms with E-state index in [1.807, 2.05) is 13.0 Å². The van der Waals surface area contributed by atoms with Gasteiger partial charge in [-0.3, -0.25) is 0 Å². The largest absolute Gasteiger partial charge is 0.479 e. The summed E-state index contributed by atoms with van der Waals surface area (Å²) in [5.74, 6) is -1.62. The molecule has 2 N–H and O–H groups in total. The summed E-state index contributed by atoms with van der Waals surface area (Å²) in [5, 5.41) is 12.4. The number of carboxylic acids is 1. The van der Waals surface area contributed by atoms with Crippen molar-refractivity contribution in [2.45, 2.75) is 19.9 Å². The number of benzene rings is 2. The van der Waals surface area contributed by atoms with E-state index in [0.717, 1.165) is 5.56 Å². The summed E-state index contributed by atoms with van der Waals surface area (Å²) in [4.78, 5) is 11.5. The van der Waals surface area contributed by atoms with E-state index in [4.69, 9.17) is 11.6 Å². The van der Waals surface area contributed by atoms with Gasteiger partial charge in [0.05, 0.1) is 5.69 Å². The maximum Gasteiger partial charge on any atom is 0.330 e. The van der Waals surface area contributed by atoms with Crippen molar-refractivity contribution in [3.05, 3.63) is 63.9 Å². The van der Waals surface area contributed by atoms with Crippen LogP contribution < -0.4 is 5.32 Å². The molecule has 3 nitrogen and oxygen atoms in total. The number of carbonyl (C=O) groups is 1. The van der Waals surface area contributed by atoms with E-state index >= 15 is 0 Å². The Labute approximate surface area is 127 Å². The number of hydrogen-bond donors (Lipinski definition) is 2. The molecular formula is C16H15ClFNO2. The molecule has 0 bridgehead atoms. The minimum atomic E-state index is -1.08. The lowest BCUT2D eigenvalue weighted by atomic mass is 10.0. The van der Waals surface area contributed by atoms with Gasteiger partial charge in [0.25, 0.3) is 0 Å². The highest BCUT2D eigenvalue weighted by atomic mass is 35.5. The average Bonchev–Trinajstić information content (AvgIpc) is 2.43. The van der Waals surface area contributed by atoms with Crippen LogP contribution in [0.25, 0.3) is 0 Å². The number of aliphatic carboxylic acids is 1. The predicted molar refractivity (Wildman–Crippen MR) is 81.3 cm³/mol. The molecule has 0 saturated heterocycles. The standard InChI is InChI=1S/C16H15ClFNO2/c1-9-4-3-5-11(8-9)15(16(20)21)19-13-7-6-12(17)10(2)14(13)18/h3-8,15,19H,1-2H3,(H,20,21). The molecule has 2 aromatic carbocycles. The Kier molecular flexibility index (Phi) is 4.48. The summed E-state index contributed by atoms with van der Waals surface area (Å²) in [6.07, 6.45) is 0. The summed E-state index contributed by atoms with van der Waals surface area (Å²) in [6.45, 7) is 3.42. The minimum Gasteiger partial charge on any atom is -0.479 e. The first-order valence-corrected chi connectivity index (χ1v) is 6.78. The van der Waals surface area contributed by atoms with Gasteiger partial charge in [0.1, 0.15) is 0 Å². The number of anilines is 1. The smallest absolute Gasteiger partial charge is 0.330 e. The van der Waals surface area contributed by atoms with Crippen LogP contribution in [-0.4, -0.2) is 11.1 Å². The van der Waals surface area contributed by atoms with Gasteiger partial charge in [0.2, 0.25) is 0 Å². The zero-order valence-electron chi connectivity index (χ0n) is 11.7. The average molecular weight is 308 g/mol. The Balaban J connectivity index is 2.38. The van der Waals surface area contributed by atoms with Crippen LogP contribution in [0, 0.1) is 19.7 Å². The number of nitrogens with one attached hydrogen (secondary N) is 1. The van der Waals surface area contributed by atoms with E-state index in [9.17, 15) is 14.3 Å². The second-order valence-corrected chi connectivity index (χ2v) is 5.27. The topological polar surface area (TPSA) is 49.3 Å². The highest BCUT2D eigenvalue weighted by Gasteiger charge is 2.21. The first-order chi connectivity index (χ1) is 9.90. The van der Waals surface area contributed by atoms with Gasteiger partial charge < -0.3 is 10.4 Å². The Hall–Kier alpha value is -2.07. The lowest BCUT2D eigenvalue weighted by Gasteiger charge is -2.18. The SMILES string of the molecule is Cc1cccc(C(Nc2ccc(Cl)c(C)c2F)C(=O)O)c1. The molecule has 0 aliphatic rings. The zero-order valence-corrected chi connectivity index (χ0v) is 12.4. The molecule has 2 rings (SSSR count). The van der Waals surface area contributed by atoms with Crippen LogP contribution in [0.4, 0.5) is 10.1 Å². The van der Waals surface area contributed by atoms with Crippen molar-refractivity contribution in [2.24, 2.45) is 0 Å². The fraction of sp³-hybridized carbons (Fsp3) is 0.188. The third kappa shape index (κ3) is 3.34. The van der Waals surface area contributed by atoms with E-state index in [2.05, 4.69) is 5.32 Å². The first-order valence-electron chi connectivity index (χ1n) is 6.40. The number of hydrogen-bond acceptors (Lipinski definition) is 2. The van der Waals surface area contributed by atoms with Gasteiger partial charge in [-0.1, -0.05) is 41.4 Å². The van der Waals surface area contributed by atoms with Crippen LogP contribution in [0.2, 0.25) is 5.02 Å². The Morgan fingerprint density at radius 1 is 1.29 bits per heavy atom. The fourth-order valence-corrected chi connectivity index (χ4v) is 2.21. The number of carboxylic acid groups (broad SMARTS) is 1. The molecule has 1 atom stereocenters. The Morgan fingerprint density at radius 3 is 2.62 bits per heavy atom. The van der Waals surface area contributed by atoms with Crippen LogP contribution in [0.3, 0.4) is 0 Å². The molecule has 21 heavy (non-hydrogen) atoms. The van der Waals surface area contributed by atoms with Gasteiger partial charge in [0, 0.05) is 10.6 Å². The lowest BCUT2D eigenvalue weighted by Crippen LogP contribution is -2.21. The van der Waals surface area contributed by atoms with E-state index in [1.165, 1.54) is 12.1 Å². The number of aryl methyl sites for hydroxylation is 1. The predicted octanol–water partition coefficient (Wildman–Crippen LogP) is 4.33. The van der Waals surface area contributed by atoms with Crippen molar-refractivity contribution in [3.8, 4) is 0 Å². The third-order valence-electron chi connectivity index (χ3n) is 3.24. The van der Waals surface area contributed by atoms with Crippen molar-refractivity contribution in [3.63, 3.8) is 0 Å². The summed E-state index contributed by atoms with van der Waals surface area (Å²) in [6, 6.07) is 9.04. The van der Waals surface area contributed by atoms with Gasteiger partial charge in [-0.05, 0) is 31.5 Å². The first kappa shape index (κ1) is 15.3. The normalized spacial score (nSPS) is 12.0. The van der Waals surface area contributed by atoms with E-state index in [0.29, 0.717) is 10.6 Å². The molecule has 0 radical (unpaired) electrons.